The number of nitrogens with zero attached hydrogens (tertiary/aromatic N) is 2. The molecule has 0 aliphatic carbocycles. The maximum absolute atomic E-state index is 12.9. The fraction of sp³-hybridized carbons (Fsp3) is 0.263. The Kier molecular flexibility index (Phi) is 4.02. The zero-order chi connectivity index (χ0) is 16.5. The molecule has 0 saturated carbocycles. The summed E-state index contributed by atoms with van der Waals surface area (Å²) in [5.41, 5.74) is 2.14. The molecule has 4 rings (SSSR count). The van der Waals surface area contributed by atoms with Crippen LogP contribution in [0, 0.1) is 0 Å². The predicted octanol–water partition coefficient (Wildman–Crippen LogP) is 2.67. The summed E-state index contributed by atoms with van der Waals surface area (Å²) in [5, 5.41) is -0.0495. The van der Waals surface area contributed by atoms with Gasteiger partial charge in [-0.2, -0.15) is 0 Å². The lowest BCUT2D eigenvalue weighted by Crippen LogP contribution is -2.58. The van der Waals surface area contributed by atoms with E-state index in [-0.39, 0.29) is 29.8 Å². The summed E-state index contributed by atoms with van der Waals surface area (Å²) >= 11 is 1.67. The van der Waals surface area contributed by atoms with E-state index in [0.29, 0.717) is 12.3 Å². The van der Waals surface area contributed by atoms with Crippen molar-refractivity contribution in [3.8, 4) is 0 Å². The first-order valence-corrected chi connectivity index (χ1v) is 9.09. The van der Waals surface area contributed by atoms with E-state index in [1.54, 1.807) is 21.6 Å². The number of fused-ring (bicyclic) bond motifs is 1. The van der Waals surface area contributed by atoms with Crippen molar-refractivity contribution in [1.82, 2.24) is 9.80 Å². The number of amides is 2. The zero-order valence-corrected chi connectivity index (χ0v) is 14.0. The Bertz CT molecular complexity index is 750. The van der Waals surface area contributed by atoms with E-state index in [1.807, 2.05) is 60.7 Å². The van der Waals surface area contributed by atoms with Crippen LogP contribution in [0.2, 0.25) is 0 Å². The van der Waals surface area contributed by atoms with Crippen LogP contribution in [0.5, 0.6) is 0 Å². The van der Waals surface area contributed by atoms with Gasteiger partial charge in [-0.1, -0.05) is 60.7 Å². The lowest BCUT2D eigenvalue weighted by molar-refractivity contribution is -0.155. The maximum atomic E-state index is 12.9. The van der Waals surface area contributed by atoms with Crippen LogP contribution in [-0.4, -0.2) is 40.0 Å². The van der Waals surface area contributed by atoms with Gasteiger partial charge in [0.05, 0.1) is 0 Å². The Balaban J connectivity index is 1.55. The number of carbonyl (C=O) groups excluding carboxylic acids is 2. The Morgan fingerprint density at radius 1 is 0.958 bits per heavy atom. The van der Waals surface area contributed by atoms with E-state index < -0.39 is 0 Å². The number of hydrogen-bond acceptors (Lipinski definition) is 3. The highest BCUT2D eigenvalue weighted by atomic mass is 32.2. The van der Waals surface area contributed by atoms with Gasteiger partial charge in [-0.3, -0.25) is 9.59 Å². The molecule has 2 unspecified atom stereocenters. The fourth-order valence-electron chi connectivity index (χ4n) is 3.35. The van der Waals surface area contributed by atoms with Crippen molar-refractivity contribution in [2.45, 2.75) is 18.0 Å². The van der Waals surface area contributed by atoms with Crippen LogP contribution in [-0.2, 0) is 16.1 Å². The first-order chi connectivity index (χ1) is 11.7. The van der Waals surface area contributed by atoms with Gasteiger partial charge in [0.25, 0.3) is 0 Å². The molecule has 0 bridgehead atoms. The van der Waals surface area contributed by atoms with Gasteiger partial charge in [0.1, 0.15) is 18.0 Å². The first kappa shape index (κ1) is 15.3. The minimum absolute atomic E-state index is 0.0365. The quantitative estimate of drug-likeness (QED) is 0.864. The second kappa shape index (κ2) is 6.32. The number of carbonyl (C=O) groups is 2. The molecule has 4 nitrogen and oxygen atoms in total. The predicted molar refractivity (Wildman–Crippen MR) is 94.1 cm³/mol. The van der Waals surface area contributed by atoms with Gasteiger partial charge >= 0.3 is 0 Å². The molecule has 0 aromatic heterocycles. The van der Waals surface area contributed by atoms with Crippen molar-refractivity contribution in [3.05, 3.63) is 71.8 Å². The number of rotatable bonds is 3. The average Bonchev–Trinajstić information content (AvgIpc) is 3.07. The molecule has 0 spiro atoms. The lowest BCUT2D eigenvalue weighted by atomic mass is 10.1. The Labute approximate surface area is 145 Å². The van der Waals surface area contributed by atoms with E-state index in [2.05, 4.69) is 0 Å². The molecule has 2 atom stereocenters. The summed E-state index contributed by atoms with van der Waals surface area (Å²) in [4.78, 5) is 29.0. The highest BCUT2D eigenvalue weighted by Crippen LogP contribution is 2.43. The van der Waals surface area contributed by atoms with Gasteiger partial charge < -0.3 is 9.80 Å². The second-order valence-corrected chi connectivity index (χ2v) is 7.21. The molecule has 0 N–H and O–H groups in total. The number of thioether (sulfide) groups is 1. The molecular weight excluding hydrogens is 320 g/mol. The third kappa shape index (κ3) is 2.69. The van der Waals surface area contributed by atoms with Gasteiger partial charge in [0.2, 0.25) is 11.8 Å². The van der Waals surface area contributed by atoms with Crippen molar-refractivity contribution >= 4 is 23.6 Å². The smallest absolute Gasteiger partial charge is 0.247 e. The Morgan fingerprint density at radius 2 is 1.62 bits per heavy atom. The normalized spacial score (nSPS) is 23.5. The van der Waals surface area contributed by atoms with E-state index in [0.717, 1.165) is 11.1 Å². The molecule has 122 valence electrons. The van der Waals surface area contributed by atoms with Crippen molar-refractivity contribution in [3.63, 3.8) is 0 Å². The Hall–Kier alpha value is -2.27. The monoisotopic (exact) mass is 338 g/mol. The van der Waals surface area contributed by atoms with E-state index in [1.165, 1.54) is 0 Å². The topological polar surface area (TPSA) is 40.6 Å². The van der Waals surface area contributed by atoms with Gasteiger partial charge in [-0.05, 0) is 11.1 Å². The van der Waals surface area contributed by atoms with Gasteiger partial charge in [-0.15, -0.1) is 11.8 Å². The molecule has 2 saturated heterocycles. The highest BCUT2D eigenvalue weighted by Gasteiger charge is 2.47. The summed E-state index contributed by atoms with van der Waals surface area (Å²) < 4.78 is 0. The summed E-state index contributed by atoms with van der Waals surface area (Å²) in [6.07, 6.45) is 0. The molecule has 0 radical (unpaired) electrons. The van der Waals surface area contributed by atoms with Gasteiger partial charge in [0, 0.05) is 12.3 Å². The molecule has 2 fully saturated rings. The third-order valence-corrected chi connectivity index (χ3v) is 5.84. The van der Waals surface area contributed by atoms with E-state index in [4.69, 9.17) is 0 Å². The zero-order valence-electron chi connectivity index (χ0n) is 13.2. The number of hydrogen-bond donors (Lipinski definition) is 0. The largest absolute Gasteiger partial charge is 0.327 e. The van der Waals surface area contributed by atoms with Crippen molar-refractivity contribution in [2.24, 2.45) is 0 Å². The molecule has 2 aliphatic rings. The number of benzene rings is 2. The van der Waals surface area contributed by atoms with Crippen molar-refractivity contribution in [2.75, 3.05) is 12.3 Å². The van der Waals surface area contributed by atoms with Crippen LogP contribution in [0.4, 0.5) is 0 Å². The fourth-order valence-corrected chi connectivity index (χ4v) is 4.79. The standard InChI is InChI=1S/C19H18N2O2S/c22-17-12-20(11-14-7-3-1-4-8-14)18(23)16-13-24-19(21(16)17)15-9-5-2-6-10-15/h1-10,16,19H,11-13H2. The van der Waals surface area contributed by atoms with Crippen LogP contribution >= 0.6 is 11.8 Å². The molecule has 2 heterocycles. The third-order valence-electron chi connectivity index (χ3n) is 4.51. The lowest BCUT2D eigenvalue weighted by Gasteiger charge is -2.38. The van der Waals surface area contributed by atoms with Gasteiger partial charge in [-0.25, -0.2) is 0 Å². The minimum Gasteiger partial charge on any atom is -0.327 e. The Morgan fingerprint density at radius 3 is 2.33 bits per heavy atom. The van der Waals surface area contributed by atoms with Crippen molar-refractivity contribution < 1.29 is 9.59 Å². The van der Waals surface area contributed by atoms with Crippen molar-refractivity contribution in [1.29, 1.82) is 0 Å². The minimum atomic E-state index is -0.342. The highest BCUT2D eigenvalue weighted by molar-refractivity contribution is 7.99. The molecule has 2 aromatic carbocycles. The van der Waals surface area contributed by atoms with E-state index >= 15 is 0 Å². The summed E-state index contributed by atoms with van der Waals surface area (Å²) in [6.45, 7) is 0.657. The van der Waals surface area contributed by atoms with Gasteiger partial charge in [0.15, 0.2) is 0 Å². The molecule has 2 amide bonds. The van der Waals surface area contributed by atoms with Crippen LogP contribution in [0.3, 0.4) is 0 Å². The van der Waals surface area contributed by atoms with Crippen LogP contribution < -0.4 is 0 Å². The summed E-state index contributed by atoms with van der Waals surface area (Å²) in [6, 6.07) is 19.4. The summed E-state index contributed by atoms with van der Waals surface area (Å²) in [5.74, 6) is 0.758. The van der Waals surface area contributed by atoms with E-state index in [9.17, 15) is 9.59 Å². The first-order valence-electron chi connectivity index (χ1n) is 8.04. The van der Waals surface area contributed by atoms with Crippen LogP contribution in [0.25, 0.3) is 0 Å². The molecule has 2 aliphatic heterocycles. The molecule has 5 heteroatoms. The average molecular weight is 338 g/mol. The summed E-state index contributed by atoms with van der Waals surface area (Å²) in [7, 11) is 0. The maximum Gasteiger partial charge on any atom is 0.247 e. The number of piperazine rings is 1. The van der Waals surface area contributed by atoms with Crippen LogP contribution in [0.1, 0.15) is 16.5 Å². The molecule has 2 aromatic rings. The SMILES string of the molecule is O=C1C2CSC(c3ccccc3)N2C(=O)CN1Cc1ccccc1. The van der Waals surface area contributed by atoms with Crippen LogP contribution in [0.15, 0.2) is 60.7 Å². The molecular formula is C19H18N2O2S. The second-order valence-electron chi connectivity index (χ2n) is 6.09. The molecule has 24 heavy (non-hydrogen) atoms.